The minimum atomic E-state index is -1.07. The van der Waals surface area contributed by atoms with Crippen molar-refractivity contribution < 1.29 is 14.6 Å². The van der Waals surface area contributed by atoms with E-state index in [-0.39, 0.29) is 42.7 Å². The molecule has 176 valence electrons. The number of hydrogen-bond donors (Lipinski definition) is 2. The number of carbonyl (C=O) groups excluding carboxylic acids is 1. The van der Waals surface area contributed by atoms with Crippen LogP contribution in [0, 0.1) is 11.3 Å². The smallest absolute Gasteiger partial charge is 0.216 e. The summed E-state index contributed by atoms with van der Waals surface area (Å²) in [6.07, 6.45) is 6.65. The number of hydrogen-bond acceptors (Lipinski definition) is 5. The van der Waals surface area contributed by atoms with Gasteiger partial charge in [0, 0.05) is 55.7 Å². The molecule has 0 radical (unpaired) electrons. The van der Waals surface area contributed by atoms with E-state index in [0.717, 1.165) is 37.4 Å². The summed E-state index contributed by atoms with van der Waals surface area (Å²) in [5.41, 5.74) is 1.03. The topological polar surface area (TPSA) is 65.0 Å². The maximum atomic E-state index is 12.5. The number of ether oxygens (including phenoxy) is 1. The monoisotopic (exact) mass is 441 g/mol. The third-order valence-electron chi connectivity index (χ3n) is 9.17. The van der Waals surface area contributed by atoms with Gasteiger partial charge in [-0.05, 0) is 36.9 Å². The van der Waals surface area contributed by atoms with Crippen LogP contribution in [0.3, 0.4) is 0 Å². The van der Waals surface area contributed by atoms with Crippen LogP contribution in [-0.4, -0.2) is 67.4 Å². The van der Waals surface area contributed by atoms with E-state index in [4.69, 9.17) is 4.74 Å². The molecule has 32 heavy (non-hydrogen) atoms. The number of methoxy groups -OCH3 is 1. The number of anilines is 1. The van der Waals surface area contributed by atoms with Crippen molar-refractivity contribution in [1.82, 2.24) is 10.2 Å². The Morgan fingerprint density at radius 1 is 1.34 bits per heavy atom. The number of nitrogens with one attached hydrogen (secondary N) is 1. The molecule has 0 bridgehead atoms. The van der Waals surface area contributed by atoms with Crippen molar-refractivity contribution in [2.75, 3.05) is 38.7 Å². The van der Waals surface area contributed by atoms with Gasteiger partial charge in [0.25, 0.3) is 0 Å². The van der Waals surface area contributed by atoms with E-state index >= 15 is 0 Å². The third kappa shape index (κ3) is 2.57. The van der Waals surface area contributed by atoms with Gasteiger partial charge in [-0.2, -0.15) is 0 Å². The van der Waals surface area contributed by atoms with Crippen LogP contribution >= 0.6 is 0 Å². The predicted octanol–water partition coefficient (Wildman–Crippen LogP) is 2.94. The van der Waals surface area contributed by atoms with Gasteiger partial charge in [-0.15, -0.1) is 0 Å². The average Bonchev–Trinajstić information content (AvgIpc) is 3.28. The number of likely N-dealkylation sites (N-methyl/N-ethyl adjacent to an activating group) is 1. The molecule has 4 aliphatic rings. The Labute approximate surface area is 192 Å². The lowest BCUT2D eigenvalue weighted by molar-refractivity contribution is -0.156. The summed E-state index contributed by atoms with van der Waals surface area (Å²) in [6, 6.07) is 6.60. The Bertz CT molecular complexity index is 948. The predicted molar refractivity (Wildman–Crippen MR) is 128 cm³/mol. The van der Waals surface area contributed by atoms with Gasteiger partial charge in [-0.1, -0.05) is 39.5 Å². The van der Waals surface area contributed by atoms with Crippen molar-refractivity contribution in [3.63, 3.8) is 0 Å². The van der Waals surface area contributed by atoms with Crippen molar-refractivity contribution in [1.29, 1.82) is 0 Å². The lowest BCUT2D eigenvalue weighted by Crippen LogP contribution is -2.77. The Morgan fingerprint density at radius 3 is 2.75 bits per heavy atom. The molecular weight excluding hydrogens is 402 g/mol. The number of rotatable bonds is 4. The number of aliphatic hydroxyl groups is 1. The molecule has 1 aromatic carbocycles. The van der Waals surface area contributed by atoms with E-state index in [2.05, 4.69) is 66.4 Å². The van der Waals surface area contributed by atoms with Crippen molar-refractivity contribution in [2.45, 2.75) is 64.1 Å². The summed E-state index contributed by atoms with van der Waals surface area (Å²) in [7, 11) is 3.80. The fourth-order valence-corrected chi connectivity index (χ4v) is 7.96. The fourth-order valence-electron chi connectivity index (χ4n) is 7.96. The van der Waals surface area contributed by atoms with Gasteiger partial charge >= 0.3 is 0 Å². The summed E-state index contributed by atoms with van der Waals surface area (Å²) in [4.78, 5) is 16.8. The SMILES string of the molecule is C.CC[C@]12C=CCN3CC[C@@]4(c5ccc(OC)cc5N(C)[C@H]4[C@@](O)(CNC(C)=O)[C@@H]1C)C32. The minimum absolute atomic E-state index is 0. The minimum Gasteiger partial charge on any atom is -0.497 e. The first kappa shape index (κ1) is 23.1. The summed E-state index contributed by atoms with van der Waals surface area (Å²) in [6.45, 7) is 8.22. The first-order valence-electron chi connectivity index (χ1n) is 11.6. The zero-order valence-corrected chi connectivity index (χ0v) is 19.3. The first-order valence-corrected chi connectivity index (χ1v) is 11.6. The molecule has 1 saturated carbocycles. The van der Waals surface area contributed by atoms with Crippen molar-refractivity contribution in [3.05, 3.63) is 35.9 Å². The van der Waals surface area contributed by atoms with Crippen molar-refractivity contribution in [3.8, 4) is 5.75 Å². The number of amides is 1. The van der Waals surface area contributed by atoms with Gasteiger partial charge in [0.15, 0.2) is 0 Å². The van der Waals surface area contributed by atoms with Crippen LogP contribution in [0.4, 0.5) is 5.69 Å². The van der Waals surface area contributed by atoms with Crippen LogP contribution < -0.4 is 15.0 Å². The molecule has 6 nitrogen and oxygen atoms in total. The zero-order valence-electron chi connectivity index (χ0n) is 19.3. The van der Waals surface area contributed by atoms with E-state index in [0.29, 0.717) is 6.04 Å². The van der Waals surface area contributed by atoms with E-state index < -0.39 is 5.60 Å². The molecule has 5 rings (SSSR count). The standard InChI is InChI=1S/C25H35N3O3.CH4/c1-6-23-10-7-12-28-13-11-24(21(23)28)19-9-8-18(31-5)14-20(19)27(4)22(24)25(30,16(23)2)15-26-17(3)29;/h7-10,14,16,21-22,30H,6,11-13,15H2,1-5H3,(H,26,29);1H4/t16-,21?,22-,23+,24-,25-;/m1./s1. The zero-order chi connectivity index (χ0) is 22.2. The molecule has 1 saturated heterocycles. The quantitative estimate of drug-likeness (QED) is 0.704. The highest BCUT2D eigenvalue weighted by Crippen LogP contribution is 2.68. The van der Waals surface area contributed by atoms with Crippen LogP contribution in [0.2, 0.25) is 0 Å². The van der Waals surface area contributed by atoms with Gasteiger partial charge < -0.3 is 20.1 Å². The highest BCUT2D eigenvalue weighted by atomic mass is 16.5. The maximum Gasteiger partial charge on any atom is 0.216 e. The molecule has 2 N–H and O–H groups in total. The number of fused-ring (bicyclic) bond motifs is 1. The van der Waals surface area contributed by atoms with Crippen LogP contribution in [0.15, 0.2) is 30.4 Å². The molecule has 1 amide bonds. The Balaban J connectivity index is 0.00000245. The van der Waals surface area contributed by atoms with E-state index in [9.17, 15) is 9.90 Å². The summed E-state index contributed by atoms with van der Waals surface area (Å²) < 4.78 is 5.55. The highest BCUT2D eigenvalue weighted by Gasteiger charge is 2.75. The molecule has 1 unspecified atom stereocenters. The maximum absolute atomic E-state index is 12.5. The molecule has 6 heteroatoms. The van der Waals surface area contributed by atoms with Crippen molar-refractivity contribution in [2.24, 2.45) is 11.3 Å². The van der Waals surface area contributed by atoms with Gasteiger partial charge in [-0.3, -0.25) is 9.69 Å². The average molecular weight is 442 g/mol. The van der Waals surface area contributed by atoms with Gasteiger partial charge in [0.2, 0.25) is 5.91 Å². The van der Waals surface area contributed by atoms with Gasteiger partial charge in [-0.25, -0.2) is 0 Å². The normalized spacial score (nSPS) is 39.1. The second-order valence-corrected chi connectivity index (χ2v) is 10.1. The third-order valence-corrected chi connectivity index (χ3v) is 9.17. The summed E-state index contributed by atoms with van der Waals surface area (Å²) in [5.74, 6) is 0.712. The lowest BCUT2D eigenvalue weighted by Gasteiger charge is -2.65. The first-order chi connectivity index (χ1) is 14.8. The highest BCUT2D eigenvalue weighted by molar-refractivity contribution is 5.73. The largest absolute Gasteiger partial charge is 0.497 e. The summed E-state index contributed by atoms with van der Waals surface area (Å²) in [5, 5.41) is 15.5. The molecular formula is C26H39N3O3. The molecule has 2 fully saturated rings. The molecule has 6 atom stereocenters. The summed E-state index contributed by atoms with van der Waals surface area (Å²) >= 11 is 0. The van der Waals surface area contributed by atoms with E-state index in [1.54, 1.807) is 7.11 Å². The van der Waals surface area contributed by atoms with Gasteiger partial charge in [0.05, 0.1) is 13.2 Å². The number of carbonyl (C=O) groups is 1. The van der Waals surface area contributed by atoms with E-state index in [1.807, 2.05) is 0 Å². The molecule has 1 spiro atoms. The molecule has 1 aliphatic carbocycles. The molecule has 3 heterocycles. The van der Waals surface area contributed by atoms with E-state index in [1.165, 1.54) is 12.5 Å². The van der Waals surface area contributed by atoms with Crippen LogP contribution in [0.5, 0.6) is 5.75 Å². The molecule has 0 aromatic heterocycles. The molecule has 3 aliphatic heterocycles. The number of benzene rings is 1. The fraction of sp³-hybridized carbons (Fsp3) is 0.654. The van der Waals surface area contributed by atoms with Gasteiger partial charge in [0.1, 0.15) is 11.4 Å². The van der Waals surface area contributed by atoms with Crippen LogP contribution in [-0.2, 0) is 10.2 Å². The number of nitrogens with zero attached hydrogens (tertiary/aromatic N) is 2. The Kier molecular flexibility index (Phi) is 5.41. The Hall–Kier alpha value is -2.05. The Morgan fingerprint density at radius 2 is 2.09 bits per heavy atom. The second-order valence-electron chi connectivity index (χ2n) is 10.1. The van der Waals surface area contributed by atoms with Crippen LogP contribution in [0.25, 0.3) is 0 Å². The molecule has 1 aromatic rings. The lowest BCUT2D eigenvalue weighted by atomic mass is 9.45. The van der Waals surface area contributed by atoms with Crippen LogP contribution in [0.1, 0.15) is 46.6 Å². The van der Waals surface area contributed by atoms with Crippen molar-refractivity contribution >= 4 is 11.6 Å². The second kappa shape index (κ2) is 7.49.